The van der Waals surface area contributed by atoms with Crippen LogP contribution in [0.1, 0.15) is 10.4 Å². The van der Waals surface area contributed by atoms with Crippen LogP contribution < -0.4 is 0 Å². The summed E-state index contributed by atoms with van der Waals surface area (Å²) >= 11 is 4.62. The van der Waals surface area contributed by atoms with Gasteiger partial charge in [0, 0.05) is 21.7 Å². The molecule has 0 aliphatic heterocycles. The van der Waals surface area contributed by atoms with E-state index in [1.165, 1.54) is 11.3 Å². The highest BCUT2D eigenvalue weighted by atomic mass is 32.1. The smallest absolute Gasteiger partial charge is 0.336 e. The van der Waals surface area contributed by atoms with Crippen LogP contribution in [0, 0.1) is 0 Å². The van der Waals surface area contributed by atoms with E-state index in [0.717, 1.165) is 21.1 Å². The van der Waals surface area contributed by atoms with Gasteiger partial charge < -0.3 is 5.11 Å². The summed E-state index contributed by atoms with van der Waals surface area (Å²) in [6, 6.07) is 3.70. The molecule has 0 radical (unpaired) electrons. The SMILES string of the molecule is O=C(O)c1csc(-c2csc(-c3ccsc3)n2)c1. The molecular formula is C12H7NO2S3. The standard InChI is InChI=1S/C12H7NO2S3/c14-12(15)8-3-10(17-5-8)9-6-18-11(13-9)7-1-2-16-4-7/h1-6H,(H,14,15). The normalized spacial score (nSPS) is 10.7. The fourth-order valence-corrected chi connectivity index (χ4v) is 3.94. The number of thiophene rings is 2. The molecule has 0 aromatic carbocycles. The van der Waals surface area contributed by atoms with Crippen LogP contribution in [0.25, 0.3) is 21.1 Å². The number of aromatic carboxylic acids is 1. The quantitative estimate of drug-likeness (QED) is 0.783. The van der Waals surface area contributed by atoms with Crippen molar-refractivity contribution in [3.8, 4) is 21.1 Å². The predicted octanol–water partition coefficient (Wildman–Crippen LogP) is 4.30. The predicted molar refractivity (Wildman–Crippen MR) is 75.7 cm³/mol. The van der Waals surface area contributed by atoms with Gasteiger partial charge in [0.15, 0.2) is 0 Å². The fourth-order valence-electron chi connectivity index (χ4n) is 1.49. The maximum atomic E-state index is 10.8. The summed E-state index contributed by atoms with van der Waals surface area (Å²) in [5.74, 6) is -0.897. The third kappa shape index (κ3) is 2.10. The van der Waals surface area contributed by atoms with Gasteiger partial charge in [-0.2, -0.15) is 11.3 Å². The van der Waals surface area contributed by atoms with Crippen LogP contribution in [0.2, 0.25) is 0 Å². The topological polar surface area (TPSA) is 50.2 Å². The Hall–Kier alpha value is -1.50. The van der Waals surface area contributed by atoms with E-state index in [9.17, 15) is 4.79 Å². The highest BCUT2D eigenvalue weighted by Crippen LogP contribution is 2.32. The maximum Gasteiger partial charge on any atom is 0.336 e. The summed E-state index contributed by atoms with van der Waals surface area (Å²) in [5.41, 5.74) is 2.28. The maximum absolute atomic E-state index is 10.8. The Morgan fingerprint density at radius 1 is 1.22 bits per heavy atom. The van der Waals surface area contributed by atoms with Gasteiger partial charge in [0.2, 0.25) is 0 Å². The summed E-state index contributed by atoms with van der Waals surface area (Å²) in [7, 11) is 0. The minimum atomic E-state index is -0.897. The van der Waals surface area contributed by atoms with E-state index in [1.54, 1.807) is 34.1 Å². The molecule has 0 aliphatic carbocycles. The Balaban J connectivity index is 1.95. The number of hydrogen-bond donors (Lipinski definition) is 1. The van der Waals surface area contributed by atoms with E-state index in [2.05, 4.69) is 10.4 Å². The molecule has 3 nitrogen and oxygen atoms in total. The van der Waals surface area contributed by atoms with Gasteiger partial charge in [-0.1, -0.05) is 0 Å². The van der Waals surface area contributed by atoms with Crippen molar-refractivity contribution in [2.24, 2.45) is 0 Å². The van der Waals surface area contributed by atoms with Gasteiger partial charge in [-0.25, -0.2) is 9.78 Å². The average Bonchev–Trinajstić information content (AvgIpc) is 3.10. The lowest BCUT2D eigenvalue weighted by molar-refractivity contribution is 0.0697. The van der Waals surface area contributed by atoms with Crippen molar-refractivity contribution in [1.82, 2.24) is 4.98 Å². The van der Waals surface area contributed by atoms with Gasteiger partial charge in [-0.3, -0.25) is 0 Å². The first-order valence-electron chi connectivity index (χ1n) is 5.04. The Kier molecular flexibility index (Phi) is 2.99. The molecular weight excluding hydrogens is 286 g/mol. The van der Waals surface area contributed by atoms with E-state index in [1.807, 2.05) is 16.8 Å². The van der Waals surface area contributed by atoms with Crippen molar-refractivity contribution < 1.29 is 9.90 Å². The molecule has 6 heteroatoms. The van der Waals surface area contributed by atoms with Crippen molar-refractivity contribution in [1.29, 1.82) is 0 Å². The number of carboxylic acids is 1. The molecule has 18 heavy (non-hydrogen) atoms. The second-order valence-electron chi connectivity index (χ2n) is 3.55. The van der Waals surface area contributed by atoms with Crippen LogP contribution in [0.4, 0.5) is 0 Å². The van der Waals surface area contributed by atoms with E-state index < -0.39 is 5.97 Å². The molecule has 3 heterocycles. The van der Waals surface area contributed by atoms with Crippen molar-refractivity contribution in [3.05, 3.63) is 39.2 Å². The highest BCUT2D eigenvalue weighted by Gasteiger charge is 2.11. The second-order valence-corrected chi connectivity index (χ2v) is 6.10. The molecule has 1 N–H and O–H groups in total. The van der Waals surface area contributed by atoms with E-state index in [0.29, 0.717) is 5.56 Å². The van der Waals surface area contributed by atoms with E-state index in [4.69, 9.17) is 5.11 Å². The minimum absolute atomic E-state index is 0.320. The van der Waals surface area contributed by atoms with Crippen molar-refractivity contribution in [3.63, 3.8) is 0 Å². The van der Waals surface area contributed by atoms with E-state index in [-0.39, 0.29) is 0 Å². The summed E-state index contributed by atoms with van der Waals surface area (Å²) in [5, 5.41) is 17.5. The van der Waals surface area contributed by atoms with E-state index >= 15 is 0 Å². The lowest BCUT2D eigenvalue weighted by Gasteiger charge is -1.89. The van der Waals surface area contributed by atoms with Gasteiger partial charge in [0.25, 0.3) is 0 Å². The Morgan fingerprint density at radius 3 is 2.78 bits per heavy atom. The number of rotatable bonds is 3. The molecule has 3 aromatic rings. The van der Waals surface area contributed by atoms with Crippen molar-refractivity contribution in [2.45, 2.75) is 0 Å². The van der Waals surface area contributed by atoms with Crippen LogP contribution >= 0.6 is 34.0 Å². The van der Waals surface area contributed by atoms with Crippen molar-refractivity contribution in [2.75, 3.05) is 0 Å². The Labute approximate surface area is 115 Å². The molecule has 0 unspecified atom stereocenters. The number of hydrogen-bond acceptors (Lipinski definition) is 5. The molecule has 3 rings (SSSR count). The second kappa shape index (κ2) is 4.64. The van der Waals surface area contributed by atoms with Crippen LogP contribution in [0.15, 0.2) is 33.7 Å². The molecule has 0 bridgehead atoms. The van der Waals surface area contributed by atoms with Crippen LogP contribution in [0.3, 0.4) is 0 Å². The zero-order chi connectivity index (χ0) is 12.5. The zero-order valence-electron chi connectivity index (χ0n) is 8.99. The molecule has 0 aliphatic rings. The average molecular weight is 293 g/mol. The first kappa shape index (κ1) is 11.6. The molecule has 0 saturated heterocycles. The molecule has 3 aromatic heterocycles. The Morgan fingerprint density at radius 2 is 2.11 bits per heavy atom. The summed E-state index contributed by atoms with van der Waals surface area (Å²) in [4.78, 5) is 16.3. The van der Waals surface area contributed by atoms with Crippen LogP contribution in [-0.2, 0) is 0 Å². The molecule has 0 atom stereocenters. The largest absolute Gasteiger partial charge is 0.478 e. The van der Waals surface area contributed by atoms with Gasteiger partial charge >= 0.3 is 5.97 Å². The van der Waals surface area contributed by atoms with Gasteiger partial charge in [-0.05, 0) is 17.5 Å². The van der Waals surface area contributed by atoms with Gasteiger partial charge in [-0.15, -0.1) is 22.7 Å². The van der Waals surface area contributed by atoms with Crippen LogP contribution in [-0.4, -0.2) is 16.1 Å². The first-order chi connectivity index (χ1) is 8.74. The Bertz CT molecular complexity index is 682. The van der Waals surface area contributed by atoms with Crippen LogP contribution in [0.5, 0.6) is 0 Å². The van der Waals surface area contributed by atoms with Gasteiger partial charge in [0.05, 0.1) is 16.1 Å². The third-order valence-corrected chi connectivity index (χ3v) is 4.90. The number of thiazole rings is 1. The molecule has 0 fully saturated rings. The lowest BCUT2D eigenvalue weighted by atomic mass is 10.3. The molecule has 0 amide bonds. The summed E-state index contributed by atoms with van der Waals surface area (Å²) in [6.45, 7) is 0. The third-order valence-electron chi connectivity index (χ3n) is 2.37. The summed E-state index contributed by atoms with van der Waals surface area (Å²) < 4.78 is 0. The molecule has 90 valence electrons. The number of carbonyl (C=O) groups is 1. The zero-order valence-corrected chi connectivity index (χ0v) is 11.4. The number of nitrogens with zero attached hydrogens (tertiary/aromatic N) is 1. The molecule has 0 saturated carbocycles. The fraction of sp³-hybridized carbons (Fsp3) is 0. The minimum Gasteiger partial charge on any atom is -0.478 e. The number of aromatic nitrogens is 1. The number of carboxylic acid groups (broad SMARTS) is 1. The highest BCUT2D eigenvalue weighted by molar-refractivity contribution is 7.16. The molecule has 0 spiro atoms. The van der Waals surface area contributed by atoms with Crippen molar-refractivity contribution >= 4 is 40.0 Å². The first-order valence-corrected chi connectivity index (χ1v) is 7.74. The lowest BCUT2D eigenvalue weighted by Crippen LogP contribution is -1.91. The van der Waals surface area contributed by atoms with Gasteiger partial charge in [0.1, 0.15) is 5.01 Å². The monoisotopic (exact) mass is 293 g/mol. The summed E-state index contributed by atoms with van der Waals surface area (Å²) in [6.07, 6.45) is 0.